The van der Waals surface area contributed by atoms with Crippen molar-refractivity contribution >= 4 is 33.9 Å². The van der Waals surface area contributed by atoms with Crippen LogP contribution in [0.15, 0.2) is 91.1 Å². The zero-order valence-corrected chi connectivity index (χ0v) is 22.6. The van der Waals surface area contributed by atoms with Crippen molar-refractivity contribution in [2.75, 3.05) is 0 Å². The molecule has 36 heavy (non-hydrogen) atoms. The molecule has 4 aromatic heterocycles. The van der Waals surface area contributed by atoms with Crippen LogP contribution in [0.4, 0.5) is 0 Å². The molecule has 0 spiro atoms. The fraction of sp³-hybridized carbons (Fsp3) is 0.156. The molecule has 0 amide bonds. The number of nitrogens with zero attached hydrogens (tertiary/aromatic N) is 3. The van der Waals surface area contributed by atoms with Crippen molar-refractivity contribution < 1.29 is 0 Å². The Bertz CT molecular complexity index is 1730. The summed E-state index contributed by atoms with van der Waals surface area (Å²) in [5, 5.41) is 2.56. The van der Waals surface area contributed by atoms with Gasteiger partial charge in [0.05, 0.1) is 0 Å². The molecule has 4 heterocycles. The van der Waals surface area contributed by atoms with Crippen LogP contribution in [-0.2, 0) is 5.41 Å². The van der Waals surface area contributed by atoms with E-state index in [1.807, 2.05) is 18.3 Å². The summed E-state index contributed by atoms with van der Waals surface area (Å²) in [4.78, 5) is 15.1. The summed E-state index contributed by atoms with van der Waals surface area (Å²) in [7, 11) is 0. The van der Waals surface area contributed by atoms with Gasteiger partial charge in [-0.1, -0.05) is 6.07 Å². The van der Waals surface area contributed by atoms with Crippen LogP contribution in [0, 0.1) is 13.8 Å². The van der Waals surface area contributed by atoms with Crippen molar-refractivity contribution in [3.8, 4) is 22.5 Å². The second-order valence-corrected chi connectivity index (χ2v) is 12.1. The maximum atomic E-state index is 5.27. The summed E-state index contributed by atoms with van der Waals surface area (Å²) in [6.07, 6.45) is 1.90. The Hall–Kier alpha value is -3.59. The van der Waals surface area contributed by atoms with Gasteiger partial charge in [0.15, 0.2) is 0 Å². The van der Waals surface area contributed by atoms with Gasteiger partial charge >= 0.3 is 212 Å². The molecule has 0 aliphatic rings. The normalized spacial score (nSPS) is 11.9. The van der Waals surface area contributed by atoms with E-state index in [0.29, 0.717) is 0 Å². The summed E-state index contributed by atoms with van der Waals surface area (Å²) in [5.41, 5.74) is 8.49. The van der Waals surface area contributed by atoms with E-state index in [2.05, 4.69) is 105 Å². The van der Waals surface area contributed by atoms with Gasteiger partial charge in [0, 0.05) is 0 Å². The van der Waals surface area contributed by atoms with E-state index >= 15 is 0 Å². The summed E-state index contributed by atoms with van der Waals surface area (Å²) in [6.45, 7) is 8.76. The van der Waals surface area contributed by atoms with Crippen molar-refractivity contribution in [3.05, 3.63) is 114 Å². The van der Waals surface area contributed by atoms with Crippen LogP contribution in [-0.4, -0.2) is 29.5 Å². The Kier molecular flexibility index (Phi) is 5.59. The molecule has 0 saturated heterocycles. The van der Waals surface area contributed by atoms with E-state index in [0.717, 1.165) is 28.3 Å². The average molecular weight is 533 g/mol. The first-order chi connectivity index (χ1) is 17.4. The first kappa shape index (κ1) is 22.8. The van der Waals surface area contributed by atoms with Crippen LogP contribution in [0.2, 0.25) is 0 Å². The standard InChI is InChI=1S/C32H27N3Se/c1-20-16-26(22-10-6-5-7-11-22)34-28(18-20)32(3,4)29-19-21(2)17-27(35-29)25-13-8-12-23-24-14-9-15-33-31(24)36-30(23)25/h5-19H,1-4H3. The van der Waals surface area contributed by atoms with E-state index in [1.165, 1.54) is 36.1 Å². The van der Waals surface area contributed by atoms with Gasteiger partial charge in [0.1, 0.15) is 0 Å². The van der Waals surface area contributed by atoms with Gasteiger partial charge in [-0.2, -0.15) is 0 Å². The summed E-state index contributed by atoms with van der Waals surface area (Å²) < 4.78 is 2.58. The van der Waals surface area contributed by atoms with E-state index in [1.54, 1.807) is 0 Å². The van der Waals surface area contributed by atoms with Crippen molar-refractivity contribution in [1.82, 2.24) is 15.0 Å². The van der Waals surface area contributed by atoms with Crippen LogP contribution >= 0.6 is 0 Å². The van der Waals surface area contributed by atoms with Gasteiger partial charge in [0.25, 0.3) is 0 Å². The Labute approximate surface area is 217 Å². The quantitative estimate of drug-likeness (QED) is 0.221. The molecule has 0 N–H and O–H groups in total. The molecule has 6 aromatic rings. The van der Waals surface area contributed by atoms with Gasteiger partial charge in [-0.15, -0.1) is 0 Å². The Morgan fingerprint density at radius 2 is 1.33 bits per heavy atom. The molecular formula is C32H27N3Se. The third-order valence-electron chi connectivity index (χ3n) is 6.84. The summed E-state index contributed by atoms with van der Waals surface area (Å²) >= 11 is 0.173. The molecule has 0 aliphatic carbocycles. The zero-order chi connectivity index (χ0) is 24.9. The van der Waals surface area contributed by atoms with Crippen LogP contribution in [0.1, 0.15) is 36.4 Å². The molecule has 0 saturated carbocycles. The van der Waals surface area contributed by atoms with Gasteiger partial charge < -0.3 is 0 Å². The van der Waals surface area contributed by atoms with Crippen LogP contribution < -0.4 is 0 Å². The number of benzene rings is 2. The predicted octanol–water partition coefficient (Wildman–Crippen LogP) is 7.51. The molecular weight excluding hydrogens is 505 g/mol. The van der Waals surface area contributed by atoms with Gasteiger partial charge in [-0.3, -0.25) is 0 Å². The fourth-order valence-electron chi connectivity index (χ4n) is 4.84. The summed E-state index contributed by atoms with van der Waals surface area (Å²) in [5.74, 6) is 0. The number of rotatable bonds is 4. The molecule has 3 nitrogen and oxygen atoms in total. The molecule has 6 rings (SSSR count). The monoisotopic (exact) mass is 533 g/mol. The third-order valence-corrected chi connectivity index (χ3v) is 9.28. The van der Waals surface area contributed by atoms with E-state index in [-0.39, 0.29) is 19.9 Å². The zero-order valence-electron chi connectivity index (χ0n) is 20.9. The second-order valence-electron chi connectivity index (χ2n) is 9.96. The molecule has 0 radical (unpaired) electrons. The predicted molar refractivity (Wildman–Crippen MR) is 151 cm³/mol. The van der Waals surface area contributed by atoms with Crippen LogP contribution in [0.25, 0.3) is 41.9 Å². The molecule has 0 atom stereocenters. The molecule has 4 heteroatoms. The number of hydrogen-bond acceptors (Lipinski definition) is 3. The van der Waals surface area contributed by atoms with Crippen LogP contribution in [0.3, 0.4) is 0 Å². The first-order valence-electron chi connectivity index (χ1n) is 12.2. The van der Waals surface area contributed by atoms with Crippen molar-refractivity contribution in [1.29, 1.82) is 0 Å². The number of aryl methyl sites for hydroxylation is 2. The second kappa shape index (κ2) is 8.81. The topological polar surface area (TPSA) is 38.7 Å². The SMILES string of the molecule is Cc1cc(-c2ccccc2)nc(C(C)(C)c2cc(C)cc(-c3cccc4c3[se]c3ncccc34)n2)c1. The molecule has 0 aliphatic heterocycles. The number of pyridine rings is 3. The molecule has 2 aromatic carbocycles. The average Bonchev–Trinajstić information content (AvgIpc) is 3.27. The minimum atomic E-state index is -0.357. The maximum absolute atomic E-state index is 5.27. The van der Waals surface area contributed by atoms with Gasteiger partial charge in [0.2, 0.25) is 0 Å². The third kappa shape index (κ3) is 3.97. The molecule has 0 bridgehead atoms. The molecule has 0 fully saturated rings. The molecule has 176 valence electrons. The summed E-state index contributed by atoms with van der Waals surface area (Å²) in [6, 6.07) is 30.0. The number of hydrogen-bond donors (Lipinski definition) is 0. The van der Waals surface area contributed by atoms with E-state index in [9.17, 15) is 0 Å². The Morgan fingerprint density at radius 1 is 0.667 bits per heavy atom. The number of aromatic nitrogens is 3. The van der Waals surface area contributed by atoms with Gasteiger partial charge in [-0.25, -0.2) is 0 Å². The van der Waals surface area contributed by atoms with E-state index < -0.39 is 0 Å². The van der Waals surface area contributed by atoms with Crippen molar-refractivity contribution in [2.45, 2.75) is 33.1 Å². The van der Waals surface area contributed by atoms with Crippen molar-refractivity contribution in [2.24, 2.45) is 0 Å². The number of fused-ring (bicyclic) bond motifs is 3. The van der Waals surface area contributed by atoms with Gasteiger partial charge in [-0.05, 0) is 0 Å². The Balaban J connectivity index is 1.50. The van der Waals surface area contributed by atoms with Crippen molar-refractivity contribution in [3.63, 3.8) is 0 Å². The first-order valence-corrected chi connectivity index (χ1v) is 13.9. The fourth-order valence-corrected chi connectivity index (χ4v) is 7.28. The minimum absolute atomic E-state index is 0.173. The van der Waals surface area contributed by atoms with Crippen LogP contribution in [0.5, 0.6) is 0 Å². The molecule has 0 unspecified atom stereocenters. The Morgan fingerprint density at radius 3 is 2.08 bits per heavy atom. The van der Waals surface area contributed by atoms with E-state index in [4.69, 9.17) is 9.97 Å².